The third-order valence-electron chi connectivity index (χ3n) is 1.68. The van der Waals surface area contributed by atoms with Crippen molar-refractivity contribution in [2.24, 2.45) is 0 Å². The van der Waals surface area contributed by atoms with Crippen LogP contribution < -0.4 is 0 Å². The van der Waals surface area contributed by atoms with E-state index in [1.807, 2.05) is 30.3 Å². The van der Waals surface area contributed by atoms with Crippen LogP contribution in [0.4, 0.5) is 0 Å². The molecule has 0 fully saturated rings. The van der Waals surface area contributed by atoms with E-state index in [-0.39, 0.29) is 1.43 Å². The molecule has 0 saturated heterocycles. The minimum Gasteiger partial charge on any atom is -0.352 e. The summed E-state index contributed by atoms with van der Waals surface area (Å²) in [6.45, 7) is 0. The van der Waals surface area contributed by atoms with Gasteiger partial charge < -0.3 is 4.98 Å². The first-order valence-electron chi connectivity index (χ1n) is 3.43. The van der Waals surface area contributed by atoms with Gasteiger partial charge in [-0.3, -0.25) is 4.79 Å². The molecule has 54 valence electrons. The SMILES string of the molecule is O=Cc1cc2ccccc2[nH]1.[H+]. The molecular weight excluding hydrogens is 138 g/mol. The fourth-order valence-electron chi connectivity index (χ4n) is 1.16. The lowest BCUT2D eigenvalue weighted by molar-refractivity contribution is 0.112. The number of carbonyl (C=O) groups is 1. The summed E-state index contributed by atoms with van der Waals surface area (Å²) >= 11 is 0. The van der Waals surface area contributed by atoms with E-state index >= 15 is 0 Å². The zero-order chi connectivity index (χ0) is 7.68. The van der Waals surface area contributed by atoms with E-state index in [4.69, 9.17) is 0 Å². The van der Waals surface area contributed by atoms with Crippen LogP contribution in [0.5, 0.6) is 0 Å². The van der Waals surface area contributed by atoms with Gasteiger partial charge in [-0.2, -0.15) is 0 Å². The van der Waals surface area contributed by atoms with Crippen molar-refractivity contribution in [3.8, 4) is 0 Å². The van der Waals surface area contributed by atoms with E-state index < -0.39 is 0 Å². The largest absolute Gasteiger partial charge is 1.00 e. The minimum absolute atomic E-state index is 0. The molecule has 0 aliphatic rings. The highest BCUT2D eigenvalue weighted by Crippen LogP contribution is 2.12. The zero-order valence-corrected chi connectivity index (χ0v) is 5.87. The van der Waals surface area contributed by atoms with E-state index in [1.165, 1.54) is 0 Å². The van der Waals surface area contributed by atoms with Gasteiger partial charge in [0, 0.05) is 10.9 Å². The molecule has 1 heterocycles. The zero-order valence-electron chi connectivity index (χ0n) is 6.87. The Morgan fingerprint density at radius 3 is 2.91 bits per heavy atom. The average Bonchev–Trinajstić information content (AvgIpc) is 2.46. The number of para-hydroxylation sites is 1. The second kappa shape index (κ2) is 2.23. The number of aldehydes is 1. The quantitative estimate of drug-likeness (QED) is 0.614. The van der Waals surface area contributed by atoms with Crippen molar-refractivity contribution in [2.45, 2.75) is 0 Å². The summed E-state index contributed by atoms with van der Waals surface area (Å²) in [6, 6.07) is 9.64. The van der Waals surface area contributed by atoms with E-state index in [0.717, 1.165) is 17.2 Å². The molecule has 2 aromatic rings. The van der Waals surface area contributed by atoms with E-state index in [0.29, 0.717) is 5.69 Å². The van der Waals surface area contributed by atoms with Gasteiger partial charge in [-0.25, -0.2) is 0 Å². The average molecular weight is 146 g/mol. The third kappa shape index (κ3) is 0.923. The van der Waals surface area contributed by atoms with Crippen LogP contribution in [0.25, 0.3) is 10.9 Å². The number of aromatic nitrogens is 1. The number of fused-ring (bicyclic) bond motifs is 1. The maximum atomic E-state index is 10.3. The summed E-state index contributed by atoms with van der Waals surface area (Å²) < 4.78 is 0. The normalized spacial score (nSPS) is 10.2. The molecular formula is C9H8NO+. The van der Waals surface area contributed by atoms with Crippen molar-refractivity contribution >= 4 is 17.2 Å². The van der Waals surface area contributed by atoms with E-state index in [1.54, 1.807) is 0 Å². The molecule has 1 aromatic carbocycles. The van der Waals surface area contributed by atoms with Crippen LogP contribution in [0.3, 0.4) is 0 Å². The Hall–Kier alpha value is -1.57. The minimum atomic E-state index is 0. The molecule has 0 bridgehead atoms. The van der Waals surface area contributed by atoms with Gasteiger partial charge in [-0.05, 0) is 12.1 Å². The fourth-order valence-corrected chi connectivity index (χ4v) is 1.16. The molecule has 0 saturated carbocycles. The molecule has 0 atom stereocenters. The van der Waals surface area contributed by atoms with Crippen LogP contribution in [0.15, 0.2) is 30.3 Å². The van der Waals surface area contributed by atoms with E-state index in [2.05, 4.69) is 4.98 Å². The Labute approximate surface area is 65.3 Å². The van der Waals surface area contributed by atoms with Crippen molar-refractivity contribution < 1.29 is 6.22 Å². The Morgan fingerprint density at radius 2 is 2.18 bits per heavy atom. The maximum absolute atomic E-state index is 10.3. The van der Waals surface area contributed by atoms with Gasteiger partial charge in [-0.15, -0.1) is 0 Å². The van der Waals surface area contributed by atoms with Crippen molar-refractivity contribution in [2.75, 3.05) is 0 Å². The Balaban J connectivity index is 0.000000720. The van der Waals surface area contributed by atoms with Crippen LogP contribution >= 0.6 is 0 Å². The topological polar surface area (TPSA) is 32.9 Å². The van der Waals surface area contributed by atoms with Gasteiger partial charge in [0.15, 0.2) is 6.29 Å². The van der Waals surface area contributed by atoms with E-state index in [9.17, 15) is 4.79 Å². The van der Waals surface area contributed by atoms with Crippen molar-refractivity contribution in [3.63, 3.8) is 0 Å². The molecule has 0 amide bonds. The molecule has 0 spiro atoms. The lowest BCUT2D eigenvalue weighted by atomic mass is 10.2. The molecule has 2 heteroatoms. The molecule has 11 heavy (non-hydrogen) atoms. The standard InChI is InChI=1S/C9H7NO/c11-6-8-5-7-3-1-2-4-9(7)10-8/h1-6,10H/p+1. The Bertz CT molecular complexity index is 361. The predicted octanol–water partition coefficient (Wildman–Crippen LogP) is 2.09. The number of aromatic amines is 1. The lowest BCUT2D eigenvalue weighted by Gasteiger charge is -1.83. The van der Waals surface area contributed by atoms with Gasteiger partial charge >= 0.3 is 1.43 Å². The van der Waals surface area contributed by atoms with Gasteiger partial charge in [0.25, 0.3) is 0 Å². The fraction of sp³-hybridized carbons (Fsp3) is 0. The first kappa shape index (κ1) is 6.16. The molecule has 0 radical (unpaired) electrons. The van der Waals surface area contributed by atoms with Gasteiger partial charge in [0.05, 0.1) is 5.69 Å². The monoisotopic (exact) mass is 146 g/mol. The van der Waals surface area contributed by atoms with Crippen molar-refractivity contribution in [3.05, 3.63) is 36.0 Å². The number of nitrogens with one attached hydrogen (secondary N) is 1. The molecule has 0 unspecified atom stereocenters. The summed E-state index contributed by atoms with van der Waals surface area (Å²) in [5.41, 5.74) is 1.64. The molecule has 0 aliphatic carbocycles. The molecule has 0 aliphatic heterocycles. The molecule has 2 nitrogen and oxygen atoms in total. The summed E-state index contributed by atoms with van der Waals surface area (Å²) in [7, 11) is 0. The maximum Gasteiger partial charge on any atom is 1.00 e. The van der Waals surface area contributed by atoms with Crippen molar-refractivity contribution in [1.82, 2.24) is 4.98 Å². The van der Waals surface area contributed by atoms with Gasteiger partial charge in [0.2, 0.25) is 0 Å². The molecule has 1 aromatic heterocycles. The van der Waals surface area contributed by atoms with Crippen molar-refractivity contribution in [1.29, 1.82) is 0 Å². The van der Waals surface area contributed by atoms with Crippen LogP contribution in [0, 0.1) is 0 Å². The second-order valence-corrected chi connectivity index (χ2v) is 2.43. The number of H-pyrrole nitrogens is 1. The summed E-state index contributed by atoms with van der Waals surface area (Å²) in [6.07, 6.45) is 0.819. The summed E-state index contributed by atoms with van der Waals surface area (Å²) in [5, 5.41) is 1.08. The van der Waals surface area contributed by atoms with Crippen LogP contribution in [-0.2, 0) is 0 Å². The number of carbonyl (C=O) groups excluding carboxylic acids is 1. The highest BCUT2D eigenvalue weighted by atomic mass is 16.1. The van der Waals surface area contributed by atoms with Gasteiger partial charge in [0.1, 0.15) is 0 Å². The third-order valence-corrected chi connectivity index (χ3v) is 1.68. The van der Waals surface area contributed by atoms with Gasteiger partial charge in [-0.1, -0.05) is 18.2 Å². The molecule has 1 N–H and O–H groups in total. The van der Waals surface area contributed by atoms with Crippen LogP contribution in [-0.4, -0.2) is 11.3 Å². The predicted molar refractivity (Wildman–Crippen MR) is 44.8 cm³/mol. The first-order valence-corrected chi connectivity index (χ1v) is 3.43. The molecule has 2 rings (SSSR count). The smallest absolute Gasteiger partial charge is 0.352 e. The Morgan fingerprint density at radius 1 is 1.36 bits per heavy atom. The number of rotatable bonds is 1. The summed E-state index contributed by atoms with van der Waals surface area (Å²) in [4.78, 5) is 13.3. The highest BCUT2D eigenvalue weighted by Gasteiger charge is 1.95. The number of benzene rings is 1. The van der Waals surface area contributed by atoms with Crippen LogP contribution in [0.2, 0.25) is 0 Å². The second-order valence-electron chi connectivity index (χ2n) is 2.43. The van der Waals surface area contributed by atoms with Crippen LogP contribution in [0.1, 0.15) is 11.9 Å². The number of hydrogen-bond donors (Lipinski definition) is 1. The highest BCUT2D eigenvalue weighted by molar-refractivity contribution is 5.87. The number of hydrogen-bond acceptors (Lipinski definition) is 1. The lowest BCUT2D eigenvalue weighted by Crippen LogP contribution is -1.73. The Kier molecular flexibility index (Phi) is 1.25. The first-order chi connectivity index (χ1) is 5.40. The summed E-state index contributed by atoms with van der Waals surface area (Å²) in [5.74, 6) is 0.